The second-order valence-electron chi connectivity index (χ2n) is 5.89. The molecule has 0 aliphatic carbocycles. The molecule has 1 amide bonds. The Morgan fingerprint density at radius 3 is 2.62 bits per heavy atom. The van der Waals surface area contributed by atoms with Gasteiger partial charge in [0.05, 0.1) is 26.2 Å². The van der Waals surface area contributed by atoms with Gasteiger partial charge in [-0.05, 0) is 24.3 Å². The number of fused-ring (bicyclic) bond motifs is 1. The van der Waals surface area contributed by atoms with Crippen LogP contribution in [0.3, 0.4) is 0 Å². The van der Waals surface area contributed by atoms with E-state index in [-0.39, 0.29) is 11.7 Å². The number of aromatic nitrogens is 4. The number of ether oxygens (including phenoxy) is 2. The van der Waals surface area contributed by atoms with Gasteiger partial charge in [0.2, 0.25) is 11.1 Å². The Bertz CT molecular complexity index is 1120. The number of nitrogens with zero attached hydrogens (tertiary/aromatic N) is 4. The molecule has 0 spiro atoms. The SMILES string of the molecule is COc1cc(NC(=O)CSc2nnc3ccc(-c4ccco4)nn23)cc(OC)c1. The highest BCUT2D eigenvalue weighted by atomic mass is 32.2. The Balaban J connectivity index is 1.47. The summed E-state index contributed by atoms with van der Waals surface area (Å²) < 4.78 is 17.4. The highest BCUT2D eigenvalue weighted by Crippen LogP contribution is 2.26. The van der Waals surface area contributed by atoms with Gasteiger partial charge in [0.25, 0.3) is 0 Å². The summed E-state index contributed by atoms with van der Waals surface area (Å²) in [5.41, 5.74) is 1.81. The van der Waals surface area contributed by atoms with Crippen molar-refractivity contribution in [2.45, 2.75) is 5.16 Å². The lowest BCUT2D eigenvalue weighted by molar-refractivity contribution is -0.113. The van der Waals surface area contributed by atoms with Gasteiger partial charge in [0, 0.05) is 23.9 Å². The molecule has 29 heavy (non-hydrogen) atoms. The lowest BCUT2D eigenvalue weighted by atomic mass is 10.2. The van der Waals surface area contributed by atoms with Crippen LogP contribution in [0.25, 0.3) is 17.1 Å². The predicted octanol–water partition coefficient (Wildman–Crippen LogP) is 3.13. The standard InChI is InChI=1S/C19H17N5O4S/c1-26-13-8-12(9-14(10-13)27-2)20-18(25)11-29-19-22-21-17-6-5-15(23-24(17)19)16-4-3-7-28-16/h3-10H,11H2,1-2H3,(H,20,25). The van der Waals surface area contributed by atoms with E-state index in [1.807, 2.05) is 6.07 Å². The number of carbonyl (C=O) groups excluding carboxylic acids is 1. The van der Waals surface area contributed by atoms with Gasteiger partial charge < -0.3 is 19.2 Å². The van der Waals surface area contributed by atoms with Crippen LogP contribution >= 0.6 is 11.8 Å². The highest BCUT2D eigenvalue weighted by Gasteiger charge is 2.13. The van der Waals surface area contributed by atoms with E-state index in [4.69, 9.17) is 13.9 Å². The maximum atomic E-state index is 12.4. The number of nitrogens with one attached hydrogen (secondary N) is 1. The molecule has 0 atom stereocenters. The first-order valence-corrected chi connectivity index (χ1v) is 9.57. The van der Waals surface area contributed by atoms with Crippen LogP contribution < -0.4 is 14.8 Å². The quantitative estimate of drug-likeness (QED) is 0.463. The minimum absolute atomic E-state index is 0.132. The van der Waals surface area contributed by atoms with E-state index < -0.39 is 0 Å². The smallest absolute Gasteiger partial charge is 0.234 e. The van der Waals surface area contributed by atoms with Gasteiger partial charge in [-0.3, -0.25) is 4.79 Å². The number of amides is 1. The summed E-state index contributed by atoms with van der Waals surface area (Å²) >= 11 is 1.23. The Morgan fingerprint density at radius 1 is 1.14 bits per heavy atom. The van der Waals surface area contributed by atoms with Gasteiger partial charge in [0.15, 0.2) is 11.4 Å². The molecule has 4 rings (SSSR count). The first kappa shape index (κ1) is 18.8. The van der Waals surface area contributed by atoms with Gasteiger partial charge in [-0.2, -0.15) is 9.61 Å². The molecule has 0 saturated heterocycles. The van der Waals surface area contributed by atoms with Crippen molar-refractivity contribution in [3.05, 3.63) is 48.7 Å². The van der Waals surface area contributed by atoms with Crippen LogP contribution in [-0.4, -0.2) is 45.7 Å². The van der Waals surface area contributed by atoms with Crippen molar-refractivity contribution in [3.8, 4) is 23.0 Å². The van der Waals surface area contributed by atoms with Gasteiger partial charge in [-0.25, -0.2) is 0 Å². The van der Waals surface area contributed by atoms with Crippen molar-refractivity contribution in [1.82, 2.24) is 19.8 Å². The molecule has 148 valence electrons. The number of rotatable bonds is 7. The van der Waals surface area contributed by atoms with E-state index in [1.165, 1.54) is 11.8 Å². The Morgan fingerprint density at radius 2 is 1.93 bits per heavy atom. The zero-order chi connectivity index (χ0) is 20.2. The Labute approximate surface area is 170 Å². The maximum Gasteiger partial charge on any atom is 0.234 e. The summed E-state index contributed by atoms with van der Waals surface area (Å²) in [5.74, 6) is 1.74. The Hall–Kier alpha value is -3.53. The van der Waals surface area contributed by atoms with E-state index >= 15 is 0 Å². The van der Waals surface area contributed by atoms with Crippen molar-refractivity contribution in [2.24, 2.45) is 0 Å². The van der Waals surface area contributed by atoms with Crippen LogP contribution in [0.5, 0.6) is 11.5 Å². The van der Waals surface area contributed by atoms with Crippen molar-refractivity contribution < 1.29 is 18.7 Å². The summed E-state index contributed by atoms with van der Waals surface area (Å²) in [6.45, 7) is 0. The van der Waals surface area contributed by atoms with Crippen LogP contribution in [0.15, 0.2) is 58.3 Å². The van der Waals surface area contributed by atoms with Gasteiger partial charge >= 0.3 is 0 Å². The molecular formula is C19H17N5O4S. The van der Waals surface area contributed by atoms with Crippen LogP contribution in [0.1, 0.15) is 0 Å². The van der Waals surface area contributed by atoms with E-state index in [1.54, 1.807) is 61.4 Å². The van der Waals surface area contributed by atoms with Crippen molar-refractivity contribution in [3.63, 3.8) is 0 Å². The molecule has 4 aromatic rings. The van der Waals surface area contributed by atoms with Crippen molar-refractivity contribution in [2.75, 3.05) is 25.3 Å². The van der Waals surface area contributed by atoms with Crippen molar-refractivity contribution >= 4 is 29.0 Å². The van der Waals surface area contributed by atoms with E-state index in [0.29, 0.717) is 39.4 Å². The number of hydrogen-bond acceptors (Lipinski definition) is 8. The minimum atomic E-state index is -0.204. The van der Waals surface area contributed by atoms with E-state index in [9.17, 15) is 4.79 Å². The number of benzene rings is 1. The largest absolute Gasteiger partial charge is 0.497 e. The molecule has 0 unspecified atom stereocenters. The highest BCUT2D eigenvalue weighted by molar-refractivity contribution is 7.99. The van der Waals surface area contributed by atoms with Crippen LogP contribution in [0.2, 0.25) is 0 Å². The molecule has 0 aliphatic rings. The fourth-order valence-corrected chi connectivity index (χ4v) is 3.31. The molecule has 10 heteroatoms. The summed E-state index contributed by atoms with van der Waals surface area (Å²) in [7, 11) is 3.10. The third-order valence-electron chi connectivity index (χ3n) is 3.98. The molecule has 0 bridgehead atoms. The molecule has 3 heterocycles. The van der Waals surface area contributed by atoms with Gasteiger partial charge in [0.1, 0.15) is 17.2 Å². The molecule has 9 nitrogen and oxygen atoms in total. The number of carbonyl (C=O) groups is 1. The fourth-order valence-electron chi connectivity index (χ4n) is 2.62. The second kappa shape index (κ2) is 8.23. The predicted molar refractivity (Wildman–Crippen MR) is 107 cm³/mol. The molecule has 1 aromatic carbocycles. The molecular weight excluding hydrogens is 394 g/mol. The zero-order valence-electron chi connectivity index (χ0n) is 15.7. The normalized spacial score (nSPS) is 10.8. The number of anilines is 1. The summed E-state index contributed by atoms with van der Waals surface area (Å²) in [6.07, 6.45) is 1.58. The topological polar surface area (TPSA) is 104 Å². The summed E-state index contributed by atoms with van der Waals surface area (Å²) in [4.78, 5) is 12.4. The summed E-state index contributed by atoms with van der Waals surface area (Å²) in [6, 6.07) is 12.4. The maximum absolute atomic E-state index is 12.4. The molecule has 0 radical (unpaired) electrons. The number of methoxy groups -OCH3 is 2. The molecule has 0 saturated carbocycles. The average molecular weight is 411 g/mol. The first-order chi connectivity index (χ1) is 14.2. The molecule has 0 fully saturated rings. The van der Waals surface area contributed by atoms with Crippen LogP contribution in [0.4, 0.5) is 5.69 Å². The molecule has 1 N–H and O–H groups in total. The van der Waals surface area contributed by atoms with Gasteiger partial charge in [-0.15, -0.1) is 10.2 Å². The fraction of sp³-hybridized carbons (Fsp3) is 0.158. The average Bonchev–Trinajstić information content (AvgIpc) is 3.41. The summed E-state index contributed by atoms with van der Waals surface area (Å²) in [5, 5.41) is 16.0. The first-order valence-electron chi connectivity index (χ1n) is 8.58. The number of thioether (sulfide) groups is 1. The molecule has 3 aromatic heterocycles. The van der Waals surface area contributed by atoms with Crippen molar-refractivity contribution in [1.29, 1.82) is 0 Å². The second-order valence-corrected chi connectivity index (χ2v) is 6.83. The molecule has 0 aliphatic heterocycles. The third kappa shape index (κ3) is 4.16. The third-order valence-corrected chi connectivity index (χ3v) is 4.89. The van der Waals surface area contributed by atoms with Crippen LogP contribution in [-0.2, 0) is 4.79 Å². The lowest BCUT2D eigenvalue weighted by Gasteiger charge is -2.09. The van der Waals surface area contributed by atoms with Gasteiger partial charge in [-0.1, -0.05) is 11.8 Å². The number of furan rings is 1. The lowest BCUT2D eigenvalue weighted by Crippen LogP contribution is -2.14. The van der Waals surface area contributed by atoms with E-state index in [2.05, 4.69) is 20.6 Å². The van der Waals surface area contributed by atoms with E-state index in [0.717, 1.165) is 0 Å². The zero-order valence-corrected chi connectivity index (χ0v) is 16.5. The number of hydrogen-bond donors (Lipinski definition) is 1. The Kier molecular flexibility index (Phi) is 5.34. The monoisotopic (exact) mass is 411 g/mol. The van der Waals surface area contributed by atoms with Crippen LogP contribution in [0, 0.1) is 0 Å². The minimum Gasteiger partial charge on any atom is -0.497 e.